The normalized spacial score (nSPS) is 24.5. The van der Waals surface area contributed by atoms with E-state index in [2.05, 4.69) is 6.92 Å². The minimum Gasteiger partial charge on any atom is -0.394 e. The van der Waals surface area contributed by atoms with Crippen molar-refractivity contribution in [3.8, 4) is 0 Å². The third-order valence-electron chi connectivity index (χ3n) is 6.71. The van der Waals surface area contributed by atoms with Gasteiger partial charge in [0.15, 0.2) is 5.78 Å². The van der Waals surface area contributed by atoms with E-state index in [1.54, 1.807) is 0 Å². The molecule has 4 atom stereocenters. The van der Waals surface area contributed by atoms with Gasteiger partial charge in [-0.3, -0.25) is 19.1 Å². The molecule has 9 heteroatoms. The van der Waals surface area contributed by atoms with Crippen molar-refractivity contribution < 1.29 is 24.9 Å². The number of hydrogen-bond donors (Lipinski definition) is 4. The van der Waals surface area contributed by atoms with E-state index in [0.29, 0.717) is 6.42 Å². The number of rotatable bonds is 17. The number of ether oxygens (including phenoxy) is 1. The maximum absolute atomic E-state index is 13.2. The van der Waals surface area contributed by atoms with E-state index in [1.165, 1.54) is 57.8 Å². The third kappa shape index (κ3) is 7.34. The number of hydrogen-bond acceptors (Lipinski definition) is 7. The summed E-state index contributed by atoms with van der Waals surface area (Å²) in [6.07, 6.45) is 11.6. The Morgan fingerprint density at radius 2 is 1.50 bits per heavy atom. The summed E-state index contributed by atoms with van der Waals surface area (Å²) in [4.78, 5) is 39.1. The highest BCUT2D eigenvalue weighted by Gasteiger charge is 2.60. The second-order valence-electron chi connectivity index (χ2n) is 9.37. The van der Waals surface area contributed by atoms with Crippen molar-refractivity contribution in [1.82, 2.24) is 9.55 Å². The van der Waals surface area contributed by atoms with Crippen LogP contribution in [0.15, 0.2) is 21.9 Å². The first-order valence-electron chi connectivity index (χ1n) is 12.9. The molecule has 9 nitrogen and oxygen atoms in total. The van der Waals surface area contributed by atoms with E-state index in [-0.39, 0.29) is 6.42 Å². The number of unbranched alkanes of at least 4 members (excludes halogenated alkanes) is 12. The predicted molar refractivity (Wildman–Crippen MR) is 129 cm³/mol. The van der Waals surface area contributed by atoms with Crippen molar-refractivity contribution in [3.05, 3.63) is 33.1 Å². The van der Waals surface area contributed by atoms with Crippen LogP contribution >= 0.6 is 0 Å². The molecule has 1 aliphatic heterocycles. The number of Topliss-reactive ketones (excluding diaryl/α,β-unsaturated/α-hetero) is 1. The summed E-state index contributed by atoms with van der Waals surface area (Å²) in [6.45, 7) is 1.59. The Hall–Kier alpha value is -1.81. The molecule has 2 heterocycles. The minimum absolute atomic E-state index is 0.0330. The van der Waals surface area contributed by atoms with Gasteiger partial charge in [0.25, 0.3) is 5.56 Å². The van der Waals surface area contributed by atoms with Crippen molar-refractivity contribution in [1.29, 1.82) is 0 Å². The molecule has 1 aliphatic rings. The van der Waals surface area contributed by atoms with E-state index in [1.807, 2.05) is 4.98 Å². The molecule has 1 aromatic heterocycles. The summed E-state index contributed by atoms with van der Waals surface area (Å²) < 4.78 is 6.40. The highest BCUT2D eigenvalue weighted by Crippen LogP contribution is 2.37. The summed E-state index contributed by atoms with van der Waals surface area (Å²) in [7, 11) is 0. The number of H-pyrrole nitrogens is 1. The third-order valence-corrected chi connectivity index (χ3v) is 6.71. The number of nitrogens with one attached hydrogen (secondary N) is 1. The molecule has 0 unspecified atom stereocenters. The Bertz CT molecular complexity index is 852. The number of aromatic amines is 1. The fourth-order valence-electron chi connectivity index (χ4n) is 4.68. The molecule has 0 aromatic carbocycles. The molecule has 0 bridgehead atoms. The van der Waals surface area contributed by atoms with Crippen LogP contribution in [-0.4, -0.2) is 55.6 Å². The molecule has 0 spiro atoms. The molecule has 4 N–H and O–H groups in total. The van der Waals surface area contributed by atoms with Crippen molar-refractivity contribution >= 4 is 5.78 Å². The Kier molecular flexibility index (Phi) is 12.2. The summed E-state index contributed by atoms with van der Waals surface area (Å²) in [5.74, 6) is -0.577. The van der Waals surface area contributed by atoms with Crippen LogP contribution in [0.1, 0.15) is 96.8 Å². The molecular formula is C25H42N2O7. The lowest BCUT2D eigenvalue weighted by Crippen LogP contribution is -2.56. The van der Waals surface area contributed by atoms with E-state index in [4.69, 9.17) is 4.74 Å². The second-order valence-corrected chi connectivity index (χ2v) is 9.37. The quantitative estimate of drug-likeness (QED) is 0.250. The monoisotopic (exact) mass is 482 g/mol. The summed E-state index contributed by atoms with van der Waals surface area (Å²) in [6, 6.07) is 1.04. The van der Waals surface area contributed by atoms with Crippen LogP contribution in [0.2, 0.25) is 0 Å². The fraction of sp³-hybridized carbons (Fsp3) is 0.800. The van der Waals surface area contributed by atoms with Crippen LogP contribution in [0.5, 0.6) is 0 Å². The zero-order valence-corrected chi connectivity index (χ0v) is 20.4. The average molecular weight is 483 g/mol. The Morgan fingerprint density at radius 1 is 0.971 bits per heavy atom. The van der Waals surface area contributed by atoms with E-state index in [0.717, 1.165) is 36.1 Å². The lowest BCUT2D eigenvalue weighted by molar-refractivity contribution is -0.176. The van der Waals surface area contributed by atoms with Crippen LogP contribution in [0.4, 0.5) is 0 Å². The van der Waals surface area contributed by atoms with Crippen LogP contribution in [0, 0.1) is 0 Å². The van der Waals surface area contributed by atoms with Gasteiger partial charge in [0, 0.05) is 18.7 Å². The van der Waals surface area contributed by atoms with Gasteiger partial charge in [-0.25, -0.2) is 4.79 Å². The molecule has 0 amide bonds. The topological polar surface area (TPSA) is 142 Å². The number of carbonyl (C=O) groups excluding carboxylic acids is 1. The number of ketones is 1. The van der Waals surface area contributed by atoms with Crippen molar-refractivity contribution in [3.63, 3.8) is 0 Å². The zero-order chi connectivity index (χ0) is 25.0. The van der Waals surface area contributed by atoms with Crippen LogP contribution in [0.25, 0.3) is 0 Å². The molecule has 1 aromatic rings. The van der Waals surface area contributed by atoms with Gasteiger partial charge in [0.2, 0.25) is 5.72 Å². The summed E-state index contributed by atoms with van der Waals surface area (Å²) in [5.41, 5.74) is -3.78. The largest absolute Gasteiger partial charge is 0.394 e. The summed E-state index contributed by atoms with van der Waals surface area (Å²) >= 11 is 0. The van der Waals surface area contributed by atoms with Gasteiger partial charge >= 0.3 is 5.69 Å². The number of nitrogens with zero attached hydrogens (tertiary/aromatic N) is 1. The average Bonchev–Trinajstić information content (AvgIpc) is 3.08. The SMILES string of the molecule is CCCCCCCCCCCCCCCC(=O)[C@@]1(n2ccc(=O)[nH]c2=O)O[C@H](CO)[C@@H](O)[C@H]1O. The first-order valence-corrected chi connectivity index (χ1v) is 12.9. The van der Waals surface area contributed by atoms with Gasteiger partial charge in [-0.05, 0) is 6.42 Å². The molecule has 2 rings (SSSR count). The van der Waals surface area contributed by atoms with Gasteiger partial charge in [-0.15, -0.1) is 0 Å². The van der Waals surface area contributed by atoms with Crippen LogP contribution < -0.4 is 11.2 Å². The lowest BCUT2D eigenvalue weighted by atomic mass is 9.94. The fourth-order valence-corrected chi connectivity index (χ4v) is 4.68. The number of aromatic nitrogens is 2. The molecule has 34 heavy (non-hydrogen) atoms. The zero-order valence-electron chi connectivity index (χ0n) is 20.4. The second kappa shape index (κ2) is 14.6. The van der Waals surface area contributed by atoms with Crippen molar-refractivity contribution in [2.24, 2.45) is 0 Å². The smallest absolute Gasteiger partial charge is 0.331 e. The van der Waals surface area contributed by atoms with E-state index in [9.17, 15) is 29.7 Å². The highest BCUT2D eigenvalue weighted by molar-refractivity contribution is 5.86. The molecule has 1 fully saturated rings. The number of carbonyl (C=O) groups is 1. The number of aliphatic hydroxyl groups excluding tert-OH is 3. The minimum atomic E-state index is -2.19. The molecule has 1 saturated heterocycles. The first kappa shape index (κ1) is 28.4. The molecule has 0 radical (unpaired) electrons. The molecular weight excluding hydrogens is 440 g/mol. The Morgan fingerprint density at radius 3 is 1.97 bits per heavy atom. The van der Waals surface area contributed by atoms with Crippen LogP contribution in [-0.2, 0) is 15.3 Å². The summed E-state index contributed by atoms with van der Waals surface area (Å²) in [5, 5.41) is 30.4. The van der Waals surface area contributed by atoms with E-state index >= 15 is 0 Å². The Balaban J connectivity index is 1.81. The van der Waals surface area contributed by atoms with Gasteiger partial charge in [-0.2, -0.15) is 0 Å². The molecule has 0 aliphatic carbocycles. The standard InChI is InChI=1S/C25H42N2O7/c1-2-3-4-5-6-7-8-9-10-11-12-13-14-15-20(29)25(23(32)22(31)19(18-28)34-25)27-17-16-21(30)26-24(27)33/h16-17,19,22-23,28,31-32H,2-15,18H2,1H3,(H,26,30,33)/t19-,22-,23-,25-/m1/s1. The maximum atomic E-state index is 13.2. The van der Waals surface area contributed by atoms with Gasteiger partial charge < -0.3 is 20.1 Å². The highest BCUT2D eigenvalue weighted by atomic mass is 16.6. The Labute approximate surface area is 201 Å². The maximum Gasteiger partial charge on any atom is 0.331 e. The molecule has 194 valence electrons. The van der Waals surface area contributed by atoms with Crippen molar-refractivity contribution in [2.45, 2.75) is 121 Å². The van der Waals surface area contributed by atoms with Crippen molar-refractivity contribution in [2.75, 3.05) is 6.61 Å². The van der Waals surface area contributed by atoms with Gasteiger partial charge in [0.05, 0.1) is 6.61 Å². The first-order chi connectivity index (χ1) is 16.4. The predicted octanol–water partition coefficient (Wildman–Crippen LogP) is 2.35. The van der Waals surface area contributed by atoms with E-state index < -0.39 is 47.7 Å². The number of aliphatic hydroxyl groups is 3. The van der Waals surface area contributed by atoms with Crippen LogP contribution in [0.3, 0.4) is 0 Å². The van der Waals surface area contributed by atoms with Gasteiger partial charge in [0.1, 0.15) is 18.3 Å². The lowest BCUT2D eigenvalue weighted by Gasteiger charge is -2.32. The molecule has 0 saturated carbocycles. The van der Waals surface area contributed by atoms with Gasteiger partial charge in [-0.1, -0.05) is 84.0 Å².